The first kappa shape index (κ1) is 52.3. The molecule has 0 fully saturated rings. The minimum atomic E-state index is -1.51. The number of anilines is 4. The lowest BCUT2D eigenvalue weighted by Gasteiger charge is -2.24. The number of nitrogens with two attached hydrogens (primary N) is 2. The Morgan fingerprint density at radius 2 is 1.47 bits per heavy atom. The minimum absolute atomic E-state index is 0.00995. The molecule has 4 aromatic rings. The van der Waals surface area contributed by atoms with Gasteiger partial charge in [0.2, 0.25) is 23.7 Å². The number of nitrogen functional groups attached to an aromatic ring is 2. The van der Waals surface area contributed by atoms with E-state index in [9.17, 15) is 53.4 Å². The standard InChI is InChI=1S/C45H52FN13O11/c1-22(2)35(56-32(60)9-5-4-6-17-59-33(61)14-15-34(59)62)42(66)52-23(3)39(63)54-25-11-12-27(29(18-25)43(67)68)40(64)49-16-7-8-31(44(69)70)55-41(65)28-13-10-24(19-30(28)46)50-20-26-21-51-38-36(53-26)37(47)57-45(48)58-38/h10-15,18-19,21-23,31,35,50H,4-9,16-17,20H2,1-3H3,(H,49,64)(H,52,66)(H,54,63)(H,55,65)(H,56,60)(H,67,68)(H,69,70)(H4,47,48,51,57,58). The molecule has 1 aliphatic heterocycles. The first-order chi connectivity index (χ1) is 33.2. The summed E-state index contributed by atoms with van der Waals surface area (Å²) >= 11 is 0. The molecule has 0 radical (unpaired) electrons. The predicted octanol–water partition coefficient (Wildman–Crippen LogP) is 1.50. The van der Waals surface area contributed by atoms with E-state index in [2.05, 4.69) is 51.8 Å². The van der Waals surface area contributed by atoms with E-state index in [4.69, 9.17) is 11.5 Å². The van der Waals surface area contributed by atoms with Gasteiger partial charge in [0, 0.05) is 43.0 Å². The molecule has 24 nitrogen and oxygen atoms in total. The van der Waals surface area contributed by atoms with Crippen molar-refractivity contribution in [2.45, 2.75) is 84.0 Å². The Bertz CT molecular complexity index is 2720. The summed E-state index contributed by atoms with van der Waals surface area (Å²) in [4.78, 5) is 130. The fourth-order valence-electron chi connectivity index (χ4n) is 6.95. The number of carboxylic acids is 2. The van der Waals surface area contributed by atoms with Gasteiger partial charge in [-0.25, -0.2) is 23.9 Å². The summed E-state index contributed by atoms with van der Waals surface area (Å²) in [7, 11) is 0. The Labute approximate surface area is 398 Å². The highest BCUT2D eigenvalue weighted by Gasteiger charge is 2.28. The van der Waals surface area contributed by atoms with Crippen LogP contribution in [0.4, 0.5) is 27.5 Å². The molecule has 3 atom stereocenters. The third kappa shape index (κ3) is 14.2. The lowest BCUT2D eigenvalue weighted by Crippen LogP contribution is -2.53. The third-order valence-electron chi connectivity index (χ3n) is 10.7. The number of carboxylic acid groups (broad SMARTS) is 2. The molecule has 1 aliphatic rings. The monoisotopic (exact) mass is 969 g/mol. The number of aromatic nitrogens is 4. The first-order valence-electron chi connectivity index (χ1n) is 21.9. The molecule has 0 aliphatic carbocycles. The Morgan fingerprint density at radius 3 is 2.14 bits per heavy atom. The number of benzene rings is 2. The van der Waals surface area contributed by atoms with Crippen molar-refractivity contribution in [3.8, 4) is 0 Å². The van der Waals surface area contributed by atoms with Crippen molar-refractivity contribution >= 4 is 87.6 Å². The molecule has 0 saturated carbocycles. The number of unbranched alkanes of at least 4 members (excludes halogenated alkanes) is 2. The zero-order valence-corrected chi connectivity index (χ0v) is 38.2. The number of carbonyl (C=O) groups excluding carboxylic acids is 7. The van der Waals surface area contributed by atoms with Crippen LogP contribution in [0.5, 0.6) is 0 Å². The highest BCUT2D eigenvalue weighted by molar-refractivity contribution is 6.13. The number of imide groups is 1. The third-order valence-corrected chi connectivity index (χ3v) is 10.7. The number of nitrogens with one attached hydrogen (secondary N) is 6. The largest absolute Gasteiger partial charge is 0.480 e. The molecule has 70 heavy (non-hydrogen) atoms. The maximum atomic E-state index is 15.1. The second kappa shape index (κ2) is 23.9. The highest BCUT2D eigenvalue weighted by Crippen LogP contribution is 2.20. The lowest BCUT2D eigenvalue weighted by atomic mass is 10.0. The summed E-state index contributed by atoms with van der Waals surface area (Å²) in [5.41, 5.74) is 11.3. The molecule has 0 saturated heterocycles. The number of hydrogen-bond acceptors (Lipinski definition) is 16. The van der Waals surface area contributed by atoms with Gasteiger partial charge in [0.25, 0.3) is 23.6 Å². The summed E-state index contributed by atoms with van der Waals surface area (Å²) in [6.45, 7) is 4.94. The van der Waals surface area contributed by atoms with Gasteiger partial charge in [-0.15, -0.1) is 0 Å². The summed E-state index contributed by atoms with van der Waals surface area (Å²) in [5.74, 6) is -8.71. The van der Waals surface area contributed by atoms with Crippen molar-refractivity contribution in [3.63, 3.8) is 0 Å². The number of aliphatic carboxylic acids is 1. The van der Waals surface area contributed by atoms with Gasteiger partial charge in [-0.05, 0) is 74.9 Å². The normalized spacial score (nSPS) is 13.4. The summed E-state index contributed by atoms with van der Waals surface area (Å²) in [6, 6.07) is 3.41. The molecular weight excluding hydrogens is 918 g/mol. The van der Waals surface area contributed by atoms with Gasteiger partial charge in [0.1, 0.15) is 23.9 Å². The topological polar surface area (TPSA) is 373 Å². The molecule has 5 rings (SSSR count). The molecule has 3 heterocycles. The highest BCUT2D eigenvalue weighted by atomic mass is 19.1. The van der Waals surface area contributed by atoms with Crippen LogP contribution in [-0.2, 0) is 35.3 Å². The smallest absolute Gasteiger partial charge is 0.336 e. The number of carbonyl (C=O) groups is 9. The van der Waals surface area contributed by atoms with Crippen LogP contribution in [0.25, 0.3) is 11.2 Å². The molecule has 2 aromatic heterocycles. The van der Waals surface area contributed by atoms with E-state index in [0.717, 1.165) is 29.2 Å². The molecule has 370 valence electrons. The van der Waals surface area contributed by atoms with E-state index in [-0.39, 0.29) is 96.5 Å². The predicted molar refractivity (Wildman–Crippen MR) is 249 cm³/mol. The molecule has 25 heteroatoms. The van der Waals surface area contributed by atoms with Crippen molar-refractivity contribution in [1.82, 2.24) is 46.1 Å². The number of nitrogens with zero attached hydrogens (tertiary/aromatic N) is 5. The van der Waals surface area contributed by atoms with Crippen molar-refractivity contribution in [3.05, 3.63) is 82.9 Å². The number of rotatable bonds is 24. The maximum absolute atomic E-state index is 15.1. The Hall–Kier alpha value is -8.64. The van der Waals surface area contributed by atoms with Gasteiger partial charge in [-0.3, -0.25) is 38.5 Å². The fraction of sp³-hybridized carbons (Fsp3) is 0.356. The molecule has 2 aromatic carbocycles. The molecule has 0 spiro atoms. The van der Waals surface area contributed by atoms with E-state index < -0.39 is 76.5 Å². The van der Waals surface area contributed by atoms with Crippen molar-refractivity contribution < 1.29 is 57.8 Å². The molecule has 7 amide bonds. The summed E-state index contributed by atoms with van der Waals surface area (Å²) < 4.78 is 15.1. The fourth-order valence-corrected chi connectivity index (χ4v) is 6.95. The summed E-state index contributed by atoms with van der Waals surface area (Å²) in [5, 5.41) is 35.1. The van der Waals surface area contributed by atoms with Crippen LogP contribution < -0.4 is 43.4 Å². The second-order valence-corrected chi connectivity index (χ2v) is 16.4. The van der Waals surface area contributed by atoms with Crippen LogP contribution in [0, 0.1) is 11.7 Å². The average Bonchev–Trinajstić information content (AvgIpc) is 3.63. The van der Waals surface area contributed by atoms with Gasteiger partial charge in [0.15, 0.2) is 17.0 Å². The van der Waals surface area contributed by atoms with Gasteiger partial charge in [0.05, 0.1) is 35.1 Å². The Kier molecular flexibility index (Phi) is 17.9. The zero-order valence-electron chi connectivity index (χ0n) is 38.2. The van der Waals surface area contributed by atoms with Crippen molar-refractivity contribution in [2.75, 3.05) is 35.2 Å². The quantitative estimate of drug-likeness (QED) is 0.0351. The Balaban J connectivity index is 1.06. The van der Waals surface area contributed by atoms with E-state index in [1.165, 1.54) is 37.4 Å². The van der Waals surface area contributed by atoms with Crippen LogP contribution in [-0.4, -0.2) is 120 Å². The summed E-state index contributed by atoms with van der Waals surface area (Å²) in [6.07, 6.45) is 5.16. The van der Waals surface area contributed by atoms with E-state index in [0.29, 0.717) is 25.0 Å². The first-order valence-corrected chi connectivity index (χ1v) is 21.9. The minimum Gasteiger partial charge on any atom is -0.480 e. The van der Waals surface area contributed by atoms with Crippen LogP contribution in [0.2, 0.25) is 0 Å². The SMILES string of the molecule is CC(NC(=O)C(NC(=O)CCCCCN1C(=O)C=CC1=O)C(C)C)C(=O)Nc1ccc(C(=O)NCCCC(NC(=O)c2ccc(NCc3cnc4nc(N)nc(N)c4n3)cc2F)C(=O)O)c(C(=O)O)c1. The molecule has 0 bridgehead atoms. The number of fused-ring (bicyclic) bond motifs is 1. The van der Waals surface area contributed by atoms with Crippen LogP contribution in [0.3, 0.4) is 0 Å². The number of hydrogen-bond donors (Lipinski definition) is 10. The van der Waals surface area contributed by atoms with Gasteiger partial charge >= 0.3 is 11.9 Å². The van der Waals surface area contributed by atoms with Crippen molar-refractivity contribution in [2.24, 2.45) is 5.92 Å². The van der Waals surface area contributed by atoms with Crippen LogP contribution in [0.15, 0.2) is 54.7 Å². The van der Waals surface area contributed by atoms with Crippen LogP contribution in [0.1, 0.15) is 96.1 Å². The van der Waals surface area contributed by atoms with Crippen molar-refractivity contribution in [1.29, 1.82) is 0 Å². The zero-order chi connectivity index (χ0) is 51.2. The maximum Gasteiger partial charge on any atom is 0.336 e. The number of halogens is 1. The van der Waals surface area contributed by atoms with E-state index in [1.54, 1.807) is 13.8 Å². The molecule has 3 unspecified atom stereocenters. The lowest BCUT2D eigenvalue weighted by molar-refractivity contribution is -0.139. The van der Waals surface area contributed by atoms with E-state index >= 15 is 4.39 Å². The number of amides is 7. The molecule has 12 N–H and O–H groups in total. The molecular formula is C45H52FN13O11. The second-order valence-electron chi connectivity index (χ2n) is 16.4. The van der Waals surface area contributed by atoms with Gasteiger partial charge < -0.3 is 53.6 Å². The van der Waals surface area contributed by atoms with Gasteiger partial charge in [-0.1, -0.05) is 20.3 Å². The Morgan fingerprint density at radius 1 is 0.771 bits per heavy atom. The van der Waals surface area contributed by atoms with E-state index in [1.807, 2.05) is 0 Å². The van der Waals surface area contributed by atoms with Gasteiger partial charge in [-0.2, -0.15) is 9.97 Å². The number of aromatic carboxylic acids is 1. The van der Waals surface area contributed by atoms with Crippen LogP contribution >= 0.6 is 0 Å². The average molecular weight is 970 g/mol.